The van der Waals surface area contributed by atoms with Crippen LogP contribution in [-0.4, -0.2) is 50.6 Å². The fourth-order valence-corrected chi connectivity index (χ4v) is 8.77. The molecule has 0 aromatic heterocycles. The molecule has 5 nitrogen and oxygen atoms in total. The summed E-state index contributed by atoms with van der Waals surface area (Å²) in [5.41, 5.74) is -0.640. The molecule has 0 aromatic carbocycles. The van der Waals surface area contributed by atoms with Crippen LogP contribution in [0.2, 0.25) is 0 Å². The van der Waals surface area contributed by atoms with E-state index in [2.05, 4.69) is 6.92 Å². The highest BCUT2D eigenvalue weighted by Crippen LogP contribution is 2.68. The van der Waals surface area contributed by atoms with E-state index < -0.39 is 41.9 Å². The third-order valence-electron chi connectivity index (χ3n) is 10.4. The molecule has 0 aromatic rings. The van der Waals surface area contributed by atoms with Gasteiger partial charge in [0.2, 0.25) is 0 Å². The molecular weight excluding hydrogens is 406 g/mol. The molecule has 11 atom stereocenters. The third-order valence-corrected chi connectivity index (χ3v) is 10.4. The quantitative estimate of drug-likeness (QED) is 0.530. The smallest absolute Gasteiger partial charge is 0.374 e. The highest BCUT2D eigenvalue weighted by atomic mass is 19.3. The van der Waals surface area contributed by atoms with Crippen molar-refractivity contribution in [1.82, 2.24) is 0 Å². The number of hydrogen-bond acceptors (Lipinski definition) is 4. The molecule has 7 heteroatoms. The predicted octanol–water partition coefficient (Wildman–Crippen LogP) is 3.69. The first-order valence-electron chi connectivity index (χ1n) is 12.0. The lowest BCUT2D eigenvalue weighted by atomic mass is 9.43. The Bertz CT molecular complexity index is 716. The second kappa shape index (κ2) is 7.63. The Hall–Kier alpha value is -0.790. The summed E-state index contributed by atoms with van der Waals surface area (Å²) in [6.45, 7) is 5.92. The average molecular weight is 445 g/mol. The van der Waals surface area contributed by atoms with Crippen LogP contribution < -0.4 is 0 Å². The molecule has 0 unspecified atom stereocenters. The number of carboxylic acid groups (broad SMARTS) is 1. The monoisotopic (exact) mass is 444 g/mol. The molecule has 4 aliphatic rings. The minimum atomic E-state index is -3.77. The molecule has 4 saturated carbocycles. The van der Waals surface area contributed by atoms with Gasteiger partial charge in [-0.1, -0.05) is 20.8 Å². The van der Waals surface area contributed by atoms with Crippen LogP contribution in [0.15, 0.2) is 0 Å². The topological polar surface area (TPSA) is 98.0 Å². The van der Waals surface area contributed by atoms with Crippen LogP contribution in [0.5, 0.6) is 0 Å². The summed E-state index contributed by atoms with van der Waals surface area (Å²) in [6.07, 6.45) is 2.71. The van der Waals surface area contributed by atoms with E-state index in [1.165, 1.54) is 0 Å². The second-order valence-corrected chi connectivity index (χ2v) is 11.7. The maximum absolute atomic E-state index is 14.0. The molecule has 0 amide bonds. The van der Waals surface area contributed by atoms with Gasteiger partial charge in [0.1, 0.15) is 0 Å². The van der Waals surface area contributed by atoms with Gasteiger partial charge in [-0.2, -0.15) is 8.78 Å². The number of carbonyl (C=O) groups is 1. The molecule has 4 fully saturated rings. The molecule has 0 spiro atoms. The van der Waals surface area contributed by atoms with E-state index in [0.29, 0.717) is 25.7 Å². The number of aliphatic carboxylic acids is 1. The molecule has 4 rings (SSSR count). The molecule has 0 radical (unpaired) electrons. The molecule has 31 heavy (non-hydrogen) atoms. The Morgan fingerprint density at radius 1 is 1.06 bits per heavy atom. The second-order valence-electron chi connectivity index (χ2n) is 11.7. The van der Waals surface area contributed by atoms with Gasteiger partial charge in [-0.15, -0.1) is 0 Å². The number of aliphatic hydroxyl groups excluding tert-OH is 3. The highest BCUT2D eigenvalue weighted by molar-refractivity contribution is 5.75. The van der Waals surface area contributed by atoms with Crippen LogP contribution in [0.1, 0.15) is 72.1 Å². The van der Waals surface area contributed by atoms with E-state index in [1.807, 2.05) is 6.92 Å². The molecule has 4 aliphatic carbocycles. The fraction of sp³-hybridized carbons (Fsp3) is 0.958. The van der Waals surface area contributed by atoms with E-state index >= 15 is 0 Å². The molecule has 0 heterocycles. The van der Waals surface area contributed by atoms with Crippen molar-refractivity contribution in [3.8, 4) is 0 Å². The first-order valence-corrected chi connectivity index (χ1v) is 12.0. The summed E-state index contributed by atoms with van der Waals surface area (Å²) in [5, 5.41) is 41.7. The molecule has 0 saturated heterocycles. The van der Waals surface area contributed by atoms with Crippen molar-refractivity contribution in [2.24, 2.45) is 46.3 Å². The first-order chi connectivity index (χ1) is 14.3. The molecular formula is C24H38F2O5. The molecule has 0 bridgehead atoms. The van der Waals surface area contributed by atoms with Gasteiger partial charge in [0.05, 0.1) is 18.3 Å². The average Bonchev–Trinajstić information content (AvgIpc) is 3.02. The summed E-state index contributed by atoms with van der Waals surface area (Å²) >= 11 is 0. The highest BCUT2D eigenvalue weighted by Gasteiger charge is 2.66. The molecule has 0 aliphatic heterocycles. The Morgan fingerprint density at radius 3 is 2.39 bits per heavy atom. The Balaban J connectivity index is 1.61. The van der Waals surface area contributed by atoms with Gasteiger partial charge >= 0.3 is 11.9 Å². The van der Waals surface area contributed by atoms with Crippen LogP contribution >= 0.6 is 0 Å². The van der Waals surface area contributed by atoms with Gasteiger partial charge < -0.3 is 20.4 Å². The van der Waals surface area contributed by atoms with Crippen molar-refractivity contribution in [3.63, 3.8) is 0 Å². The van der Waals surface area contributed by atoms with Crippen molar-refractivity contribution in [1.29, 1.82) is 0 Å². The zero-order chi connectivity index (χ0) is 22.9. The lowest BCUT2D eigenvalue weighted by molar-refractivity contribution is -0.208. The maximum Gasteiger partial charge on any atom is 0.374 e. The van der Waals surface area contributed by atoms with Crippen LogP contribution in [-0.2, 0) is 4.79 Å². The van der Waals surface area contributed by atoms with Gasteiger partial charge in [-0.3, -0.25) is 0 Å². The van der Waals surface area contributed by atoms with E-state index in [9.17, 15) is 28.9 Å². The Kier molecular flexibility index (Phi) is 5.75. The van der Waals surface area contributed by atoms with Crippen molar-refractivity contribution < 1.29 is 34.0 Å². The zero-order valence-corrected chi connectivity index (χ0v) is 18.8. The molecule has 178 valence electrons. The minimum Gasteiger partial charge on any atom is -0.477 e. The number of fused-ring (bicyclic) bond motifs is 5. The van der Waals surface area contributed by atoms with Gasteiger partial charge in [-0.25, -0.2) is 4.79 Å². The van der Waals surface area contributed by atoms with Crippen molar-refractivity contribution in [2.75, 3.05) is 0 Å². The first kappa shape index (κ1) is 23.4. The van der Waals surface area contributed by atoms with Crippen molar-refractivity contribution in [2.45, 2.75) is 96.4 Å². The molecule has 4 N–H and O–H groups in total. The Labute approximate surface area is 183 Å². The van der Waals surface area contributed by atoms with Gasteiger partial charge in [-0.05, 0) is 91.3 Å². The largest absolute Gasteiger partial charge is 0.477 e. The summed E-state index contributed by atoms with van der Waals surface area (Å²) < 4.78 is 27.9. The van der Waals surface area contributed by atoms with E-state index in [4.69, 9.17) is 5.11 Å². The normalized spacial score (nSPS) is 50.8. The number of rotatable bonds is 4. The standard InChI is InChI=1S/C24H38F2O5/c1-12(11-24(25,26)21(30)31)15-4-5-16-20-17(10-19(29)23(15,16)3)22(2)7-6-14(27)8-13(22)9-18(20)28/h12-20,27-29H,4-11H2,1-3H3,(H,30,31)/t12-,13+,14-,15-,16+,17+,18-,19+,20+,22+,23-/m1/s1. The SMILES string of the molecule is C[C@H](CC(F)(F)C(=O)O)[C@H]1CC[C@H]2[C@@H]3[C@H](O)C[C@@H]4C[C@H](O)CC[C@]4(C)[C@H]3C[C@H](O)[C@]12C. The van der Waals surface area contributed by atoms with Gasteiger partial charge in [0, 0.05) is 6.42 Å². The fourth-order valence-electron chi connectivity index (χ4n) is 8.77. The van der Waals surface area contributed by atoms with Crippen LogP contribution in [0.4, 0.5) is 8.78 Å². The van der Waals surface area contributed by atoms with Crippen molar-refractivity contribution in [3.05, 3.63) is 0 Å². The number of aliphatic hydroxyl groups is 3. The number of alkyl halides is 2. The summed E-state index contributed by atoms with van der Waals surface area (Å²) in [5.74, 6) is -6.18. The maximum atomic E-state index is 14.0. The number of hydrogen-bond donors (Lipinski definition) is 4. The van der Waals surface area contributed by atoms with E-state index in [-0.39, 0.29) is 41.1 Å². The minimum absolute atomic E-state index is 0.0158. The summed E-state index contributed by atoms with van der Waals surface area (Å²) in [7, 11) is 0. The lowest BCUT2D eigenvalue weighted by Crippen LogP contribution is -2.62. The van der Waals surface area contributed by atoms with Crippen LogP contribution in [0, 0.1) is 46.3 Å². The van der Waals surface area contributed by atoms with Crippen molar-refractivity contribution >= 4 is 5.97 Å². The summed E-state index contributed by atoms with van der Waals surface area (Å²) in [6, 6.07) is 0. The van der Waals surface area contributed by atoms with Gasteiger partial charge in [0.25, 0.3) is 0 Å². The predicted molar refractivity (Wildman–Crippen MR) is 110 cm³/mol. The zero-order valence-electron chi connectivity index (χ0n) is 18.8. The summed E-state index contributed by atoms with van der Waals surface area (Å²) in [4.78, 5) is 11.0. The number of halogens is 2. The van der Waals surface area contributed by atoms with Crippen LogP contribution in [0.3, 0.4) is 0 Å². The van der Waals surface area contributed by atoms with Gasteiger partial charge in [0.15, 0.2) is 0 Å². The van der Waals surface area contributed by atoms with E-state index in [0.717, 1.165) is 19.3 Å². The number of carboxylic acids is 1. The van der Waals surface area contributed by atoms with E-state index in [1.54, 1.807) is 6.92 Å². The van der Waals surface area contributed by atoms with Crippen LogP contribution in [0.25, 0.3) is 0 Å². The third kappa shape index (κ3) is 3.45. The Morgan fingerprint density at radius 2 is 1.74 bits per heavy atom. The lowest BCUT2D eigenvalue weighted by Gasteiger charge is -2.63.